The number of urea groups is 1. The number of anilines is 1. The van der Waals surface area contributed by atoms with Crippen molar-refractivity contribution in [2.24, 2.45) is 5.73 Å². The van der Waals surface area contributed by atoms with Crippen LogP contribution in [0.2, 0.25) is 0 Å². The molecule has 2 aliphatic rings. The van der Waals surface area contributed by atoms with Crippen molar-refractivity contribution in [2.75, 3.05) is 44.2 Å². The fourth-order valence-electron chi connectivity index (χ4n) is 3.55. The van der Waals surface area contributed by atoms with Crippen molar-refractivity contribution in [1.29, 1.82) is 5.26 Å². The van der Waals surface area contributed by atoms with Gasteiger partial charge in [-0.15, -0.1) is 0 Å². The zero-order valence-electron chi connectivity index (χ0n) is 15.4. The zero-order chi connectivity index (χ0) is 19.2. The molecule has 3 N–H and O–H groups in total. The molecule has 0 saturated carbocycles. The van der Waals surface area contributed by atoms with Crippen molar-refractivity contribution in [3.63, 3.8) is 0 Å². The van der Waals surface area contributed by atoms with Crippen molar-refractivity contribution in [3.05, 3.63) is 29.8 Å². The van der Waals surface area contributed by atoms with Crippen LogP contribution in [0.3, 0.4) is 0 Å². The summed E-state index contributed by atoms with van der Waals surface area (Å²) in [5.74, 6) is -0.0478. The largest absolute Gasteiger partial charge is 0.326 e. The molecule has 0 aliphatic carbocycles. The van der Waals surface area contributed by atoms with Crippen molar-refractivity contribution in [2.45, 2.75) is 25.4 Å². The first-order chi connectivity index (χ1) is 13.1. The maximum Gasteiger partial charge on any atom is 0.324 e. The zero-order valence-corrected chi connectivity index (χ0v) is 15.4. The minimum atomic E-state index is -0.293. The number of nitrogens with one attached hydrogen (secondary N) is 1. The minimum absolute atomic E-state index is 0.0206. The quantitative estimate of drug-likeness (QED) is 0.680. The molecular weight excluding hydrogens is 344 g/mol. The van der Waals surface area contributed by atoms with Gasteiger partial charge in [-0.1, -0.05) is 12.1 Å². The Hall–Kier alpha value is -2.63. The Morgan fingerprint density at radius 3 is 2.74 bits per heavy atom. The van der Waals surface area contributed by atoms with Crippen LogP contribution in [-0.2, 0) is 11.3 Å². The molecule has 2 fully saturated rings. The summed E-state index contributed by atoms with van der Waals surface area (Å²) in [4.78, 5) is 29.9. The monoisotopic (exact) mass is 370 g/mol. The number of nitriles is 1. The molecule has 0 aromatic heterocycles. The number of nitrogens with zero attached hydrogens (tertiary/aromatic N) is 4. The third-order valence-electron chi connectivity index (χ3n) is 5.14. The summed E-state index contributed by atoms with van der Waals surface area (Å²) in [5.41, 5.74) is 7.52. The molecule has 1 aromatic carbocycles. The van der Waals surface area contributed by atoms with E-state index in [1.165, 1.54) is 0 Å². The Balaban J connectivity index is 1.42. The van der Waals surface area contributed by atoms with Gasteiger partial charge in [-0.05, 0) is 30.5 Å². The highest BCUT2D eigenvalue weighted by atomic mass is 16.2. The van der Waals surface area contributed by atoms with Gasteiger partial charge < -0.3 is 20.9 Å². The summed E-state index contributed by atoms with van der Waals surface area (Å²) >= 11 is 0. The van der Waals surface area contributed by atoms with E-state index in [2.05, 4.69) is 11.4 Å². The number of benzene rings is 1. The lowest BCUT2D eigenvalue weighted by molar-refractivity contribution is -0.130. The Labute approximate surface area is 159 Å². The van der Waals surface area contributed by atoms with Crippen molar-refractivity contribution < 1.29 is 9.59 Å². The summed E-state index contributed by atoms with van der Waals surface area (Å²) < 4.78 is 0. The van der Waals surface area contributed by atoms with E-state index in [0.717, 1.165) is 24.1 Å². The highest BCUT2D eigenvalue weighted by molar-refractivity contribution is 5.94. The first kappa shape index (κ1) is 19.1. The molecule has 8 nitrogen and oxygen atoms in total. The molecule has 1 aromatic rings. The van der Waals surface area contributed by atoms with E-state index < -0.39 is 0 Å². The molecule has 27 heavy (non-hydrogen) atoms. The number of carbonyl (C=O) groups excluding carboxylic acids is 2. The number of rotatable bonds is 7. The van der Waals surface area contributed by atoms with E-state index in [-0.39, 0.29) is 24.5 Å². The number of carbonyl (C=O) groups is 2. The van der Waals surface area contributed by atoms with Gasteiger partial charge >= 0.3 is 6.03 Å². The Bertz CT molecular complexity index is 714. The molecule has 0 spiro atoms. The van der Waals surface area contributed by atoms with Crippen LogP contribution in [0.15, 0.2) is 24.3 Å². The molecule has 2 aliphatic heterocycles. The third kappa shape index (κ3) is 4.38. The summed E-state index contributed by atoms with van der Waals surface area (Å²) in [6, 6.07) is 9.57. The SMILES string of the molecule is N#CC1CCCN1C(=O)CNCCN1CCN(c2ccc(CN)cc2)C1=O. The topological polar surface area (TPSA) is 106 Å². The molecule has 0 radical (unpaired) electrons. The van der Waals surface area contributed by atoms with Gasteiger partial charge in [0.25, 0.3) is 0 Å². The van der Waals surface area contributed by atoms with E-state index in [4.69, 9.17) is 11.0 Å². The number of likely N-dealkylation sites (tertiary alicyclic amines) is 1. The van der Waals surface area contributed by atoms with Gasteiger partial charge in [-0.2, -0.15) is 5.26 Å². The molecule has 1 unspecified atom stereocenters. The van der Waals surface area contributed by atoms with Crippen LogP contribution in [0.25, 0.3) is 0 Å². The summed E-state index contributed by atoms with van der Waals surface area (Å²) in [6.07, 6.45) is 1.64. The van der Waals surface area contributed by atoms with Crippen molar-refractivity contribution >= 4 is 17.6 Å². The molecule has 3 rings (SSSR count). The Morgan fingerprint density at radius 2 is 2.04 bits per heavy atom. The van der Waals surface area contributed by atoms with Gasteiger partial charge in [0.05, 0.1) is 12.6 Å². The summed E-state index contributed by atoms with van der Waals surface area (Å²) in [5, 5.41) is 12.2. The number of hydrogen-bond acceptors (Lipinski definition) is 5. The lowest BCUT2D eigenvalue weighted by Gasteiger charge is -2.21. The smallest absolute Gasteiger partial charge is 0.324 e. The third-order valence-corrected chi connectivity index (χ3v) is 5.14. The first-order valence-electron chi connectivity index (χ1n) is 9.39. The van der Waals surface area contributed by atoms with Gasteiger partial charge in [0, 0.05) is 45.0 Å². The number of hydrogen-bond donors (Lipinski definition) is 2. The lowest BCUT2D eigenvalue weighted by Crippen LogP contribution is -2.43. The van der Waals surface area contributed by atoms with E-state index in [1.807, 2.05) is 24.3 Å². The Morgan fingerprint density at radius 1 is 1.26 bits per heavy atom. The second-order valence-corrected chi connectivity index (χ2v) is 6.84. The van der Waals surface area contributed by atoms with Gasteiger partial charge in [0.15, 0.2) is 0 Å². The number of nitrogens with two attached hydrogens (primary N) is 1. The summed E-state index contributed by atoms with van der Waals surface area (Å²) in [6.45, 7) is 3.74. The van der Waals surface area contributed by atoms with E-state index in [1.54, 1.807) is 14.7 Å². The van der Waals surface area contributed by atoms with Crippen LogP contribution in [0.1, 0.15) is 18.4 Å². The molecular formula is C19H26N6O2. The lowest BCUT2D eigenvalue weighted by atomic mass is 10.2. The predicted octanol–water partition coefficient (Wildman–Crippen LogP) is 0.491. The minimum Gasteiger partial charge on any atom is -0.326 e. The average Bonchev–Trinajstić information content (AvgIpc) is 3.32. The predicted molar refractivity (Wildman–Crippen MR) is 102 cm³/mol. The second kappa shape index (κ2) is 8.84. The fourth-order valence-corrected chi connectivity index (χ4v) is 3.55. The van der Waals surface area contributed by atoms with Crippen LogP contribution in [0.4, 0.5) is 10.5 Å². The molecule has 1 atom stereocenters. The second-order valence-electron chi connectivity index (χ2n) is 6.84. The van der Waals surface area contributed by atoms with Crippen LogP contribution >= 0.6 is 0 Å². The fraction of sp³-hybridized carbons (Fsp3) is 0.526. The maximum absolute atomic E-state index is 12.6. The van der Waals surface area contributed by atoms with Crippen LogP contribution in [-0.4, -0.2) is 67.0 Å². The highest BCUT2D eigenvalue weighted by Gasteiger charge is 2.30. The molecule has 0 bridgehead atoms. The standard InChI is InChI=1S/C19H26N6O2/c20-12-15-3-5-16(6-4-15)25-11-10-23(19(25)27)9-7-22-14-18(26)24-8-1-2-17(24)13-21/h3-6,17,22H,1-2,7-12,14,20H2. The first-order valence-corrected chi connectivity index (χ1v) is 9.39. The molecule has 8 heteroatoms. The highest BCUT2D eigenvalue weighted by Crippen LogP contribution is 2.20. The van der Waals surface area contributed by atoms with Gasteiger partial charge in [0.2, 0.25) is 5.91 Å². The van der Waals surface area contributed by atoms with Crippen molar-refractivity contribution in [1.82, 2.24) is 15.1 Å². The van der Waals surface area contributed by atoms with E-state index in [9.17, 15) is 9.59 Å². The van der Waals surface area contributed by atoms with Crippen LogP contribution in [0, 0.1) is 11.3 Å². The maximum atomic E-state index is 12.6. The molecule has 2 saturated heterocycles. The molecule has 144 valence electrons. The Kier molecular flexibility index (Phi) is 6.27. The number of amides is 3. The molecule has 3 amide bonds. The summed E-state index contributed by atoms with van der Waals surface area (Å²) in [7, 11) is 0. The van der Waals surface area contributed by atoms with E-state index >= 15 is 0 Å². The van der Waals surface area contributed by atoms with Crippen molar-refractivity contribution in [3.8, 4) is 6.07 Å². The van der Waals surface area contributed by atoms with Gasteiger partial charge in [-0.3, -0.25) is 9.69 Å². The van der Waals surface area contributed by atoms with E-state index in [0.29, 0.717) is 39.3 Å². The average molecular weight is 370 g/mol. The van der Waals surface area contributed by atoms with Gasteiger partial charge in [0.1, 0.15) is 6.04 Å². The van der Waals surface area contributed by atoms with Crippen LogP contribution < -0.4 is 16.0 Å². The van der Waals surface area contributed by atoms with Gasteiger partial charge in [-0.25, -0.2) is 4.79 Å². The van der Waals surface area contributed by atoms with Crippen LogP contribution in [0.5, 0.6) is 0 Å². The normalized spacial score (nSPS) is 19.6. The molecule has 2 heterocycles.